The molecule has 0 saturated heterocycles. The third kappa shape index (κ3) is 13.8. The molecule has 0 nitrogen and oxygen atoms in total. The SMILES string of the molecule is CC.CC.CC.[3H]c1cc(C)ccc1C. The maximum absolute atomic E-state index is 7.36. The molecule has 0 heteroatoms. The van der Waals surface area contributed by atoms with Crippen LogP contribution in [0.25, 0.3) is 0 Å². The van der Waals surface area contributed by atoms with E-state index in [1.54, 1.807) is 0 Å². The van der Waals surface area contributed by atoms with Crippen LogP contribution >= 0.6 is 0 Å². The molecule has 0 fully saturated rings. The van der Waals surface area contributed by atoms with Crippen molar-refractivity contribution in [3.05, 3.63) is 35.4 Å². The van der Waals surface area contributed by atoms with Gasteiger partial charge in [-0.05, 0) is 13.8 Å². The highest BCUT2D eigenvalue weighted by molar-refractivity contribution is 5.19. The summed E-state index contributed by atoms with van der Waals surface area (Å²) in [4.78, 5) is 0. The first kappa shape index (κ1) is 15.7. The quantitative estimate of drug-likeness (QED) is 0.525. The summed E-state index contributed by atoms with van der Waals surface area (Å²) in [5.74, 6) is 0. The lowest BCUT2D eigenvalue weighted by molar-refractivity contribution is 1.40. The first-order valence-corrected chi connectivity index (χ1v) is 5.74. The Morgan fingerprint density at radius 1 is 0.714 bits per heavy atom. The Labute approximate surface area is 92.8 Å². The van der Waals surface area contributed by atoms with Gasteiger partial charge in [0, 0.05) is 0 Å². The van der Waals surface area contributed by atoms with Crippen molar-refractivity contribution < 1.29 is 1.37 Å². The van der Waals surface area contributed by atoms with Crippen LogP contribution in [-0.2, 0) is 0 Å². The van der Waals surface area contributed by atoms with Crippen molar-refractivity contribution in [3.8, 4) is 0 Å². The van der Waals surface area contributed by atoms with E-state index in [0.717, 1.165) is 11.1 Å². The fraction of sp³-hybridized carbons (Fsp3) is 0.571. The van der Waals surface area contributed by atoms with Gasteiger partial charge in [-0.25, -0.2) is 0 Å². The minimum absolute atomic E-state index is 0.634. The lowest BCUT2D eigenvalue weighted by atomic mass is 10.2. The van der Waals surface area contributed by atoms with Crippen LogP contribution < -0.4 is 0 Å². The number of hydrogen-bond acceptors (Lipinski definition) is 0. The average molecular weight is 198 g/mol. The maximum atomic E-state index is 7.36. The van der Waals surface area contributed by atoms with Gasteiger partial charge in [0.1, 0.15) is 0 Å². The molecule has 0 unspecified atom stereocenters. The molecule has 0 aliphatic rings. The van der Waals surface area contributed by atoms with Gasteiger partial charge in [0.15, 0.2) is 0 Å². The zero-order valence-corrected chi connectivity index (χ0v) is 11.2. The van der Waals surface area contributed by atoms with Gasteiger partial charge in [0.2, 0.25) is 0 Å². The summed E-state index contributed by atoms with van der Waals surface area (Å²) in [5.41, 5.74) is 2.20. The van der Waals surface area contributed by atoms with Crippen LogP contribution in [0.2, 0.25) is 0 Å². The zero-order chi connectivity index (χ0) is 12.9. The second-order valence-electron chi connectivity index (χ2n) is 2.05. The second kappa shape index (κ2) is 18.1. The van der Waals surface area contributed by atoms with E-state index >= 15 is 0 Å². The molecule has 1 rings (SSSR count). The van der Waals surface area contributed by atoms with Crippen molar-refractivity contribution in [1.82, 2.24) is 0 Å². The summed E-state index contributed by atoms with van der Waals surface area (Å²) in [6, 6.07) is 6.50. The number of hydrogen-bond donors (Lipinski definition) is 0. The number of rotatable bonds is 0. The van der Waals surface area contributed by atoms with Gasteiger partial charge in [-0.1, -0.05) is 76.9 Å². The van der Waals surface area contributed by atoms with Crippen LogP contribution in [0.4, 0.5) is 0 Å². The van der Waals surface area contributed by atoms with Crippen LogP contribution in [0.3, 0.4) is 0 Å². The van der Waals surface area contributed by atoms with E-state index in [0.29, 0.717) is 6.04 Å². The van der Waals surface area contributed by atoms with Crippen molar-refractivity contribution >= 4 is 0 Å². The van der Waals surface area contributed by atoms with Gasteiger partial charge in [0.05, 0.1) is 1.37 Å². The lowest BCUT2D eigenvalue weighted by Crippen LogP contribution is -1.70. The first-order chi connectivity index (χ1) is 7.20. The third-order valence-electron chi connectivity index (χ3n) is 1.12. The standard InChI is InChI=1S/C8H10.3C2H6/c1-7-3-5-8(2)6-4-7;3*1-2/h3-6H,1-2H3;3*1-2H3/i3T;;;. The molecular formula is C14H28. The van der Waals surface area contributed by atoms with Gasteiger partial charge in [-0.3, -0.25) is 0 Å². The van der Waals surface area contributed by atoms with Gasteiger partial charge < -0.3 is 0 Å². The van der Waals surface area contributed by atoms with E-state index in [1.165, 1.54) is 0 Å². The molecule has 14 heavy (non-hydrogen) atoms. The number of benzene rings is 1. The predicted octanol–water partition coefficient (Wildman–Crippen LogP) is 5.38. The summed E-state index contributed by atoms with van der Waals surface area (Å²) in [6.07, 6.45) is 0. The minimum Gasteiger partial charge on any atom is -0.0683 e. The van der Waals surface area contributed by atoms with E-state index in [2.05, 4.69) is 0 Å². The van der Waals surface area contributed by atoms with Crippen LogP contribution in [0.1, 0.15) is 54.0 Å². The largest absolute Gasteiger partial charge is 0.0683 e. The molecule has 0 atom stereocenters. The van der Waals surface area contributed by atoms with Crippen molar-refractivity contribution in [1.29, 1.82) is 0 Å². The van der Waals surface area contributed by atoms with Gasteiger partial charge in [-0.2, -0.15) is 0 Å². The summed E-state index contributed by atoms with van der Waals surface area (Å²) >= 11 is 0. The van der Waals surface area contributed by atoms with Crippen molar-refractivity contribution in [3.63, 3.8) is 0 Å². The van der Waals surface area contributed by atoms with Gasteiger partial charge in [-0.15, -0.1) is 0 Å². The fourth-order valence-electron chi connectivity index (χ4n) is 0.580. The minimum atomic E-state index is 0.634. The van der Waals surface area contributed by atoms with E-state index in [9.17, 15) is 0 Å². The van der Waals surface area contributed by atoms with Crippen LogP contribution in [0.5, 0.6) is 0 Å². The zero-order valence-electron chi connectivity index (χ0n) is 12.2. The Kier molecular flexibility index (Phi) is 20.3. The van der Waals surface area contributed by atoms with E-state index in [-0.39, 0.29) is 0 Å². The molecule has 0 heterocycles. The van der Waals surface area contributed by atoms with Gasteiger partial charge in [0.25, 0.3) is 0 Å². The maximum Gasteiger partial charge on any atom is 0.0626 e. The van der Waals surface area contributed by atoms with E-state index in [1.807, 2.05) is 73.6 Å². The highest BCUT2D eigenvalue weighted by atomic mass is 13.9. The molecule has 84 valence electrons. The predicted molar refractivity (Wildman–Crippen MR) is 70.0 cm³/mol. The Morgan fingerprint density at radius 3 is 1.36 bits per heavy atom. The Hall–Kier alpha value is -0.780. The Balaban J connectivity index is -0.000000208. The smallest absolute Gasteiger partial charge is 0.0626 e. The van der Waals surface area contributed by atoms with Crippen LogP contribution in [0.15, 0.2) is 24.2 Å². The topological polar surface area (TPSA) is 0 Å². The van der Waals surface area contributed by atoms with Crippen LogP contribution in [0, 0.1) is 13.8 Å². The van der Waals surface area contributed by atoms with E-state index in [4.69, 9.17) is 1.37 Å². The highest BCUT2D eigenvalue weighted by Crippen LogP contribution is 1.99. The molecule has 0 amide bonds. The van der Waals surface area contributed by atoms with Crippen LogP contribution in [-0.4, -0.2) is 0 Å². The number of aryl methyl sites for hydroxylation is 2. The molecule has 0 aromatic heterocycles. The molecular weight excluding hydrogens is 168 g/mol. The molecule has 1 aromatic carbocycles. The Bertz CT molecular complexity index is 217. The monoisotopic (exact) mass is 198 g/mol. The first-order valence-electron chi connectivity index (χ1n) is 6.24. The summed E-state index contributed by atoms with van der Waals surface area (Å²) in [5, 5.41) is 0. The third-order valence-corrected chi connectivity index (χ3v) is 1.12. The summed E-state index contributed by atoms with van der Waals surface area (Å²) < 4.78 is 7.36. The normalized spacial score (nSPS) is 7.57. The lowest BCUT2D eigenvalue weighted by Gasteiger charge is -1.90. The molecule has 0 spiro atoms. The highest BCUT2D eigenvalue weighted by Gasteiger charge is 1.79. The molecule has 0 radical (unpaired) electrons. The fourth-order valence-corrected chi connectivity index (χ4v) is 0.580. The van der Waals surface area contributed by atoms with Crippen molar-refractivity contribution in [2.24, 2.45) is 0 Å². The summed E-state index contributed by atoms with van der Waals surface area (Å²) in [7, 11) is 0. The average Bonchev–Trinajstić information content (AvgIpc) is 2.32. The van der Waals surface area contributed by atoms with Crippen molar-refractivity contribution in [2.45, 2.75) is 55.4 Å². The molecule has 0 saturated carbocycles. The molecule has 1 aromatic rings. The molecule has 0 aliphatic carbocycles. The summed E-state index contributed by atoms with van der Waals surface area (Å²) in [6.45, 7) is 15.9. The molecule has 0 aliphatic heterocycles. The second-order valence-corrected chi connectivity index (χ2v) is 2.05. The molecule has 0 bridgehead atoms. The van der Waals surface area contributed by atoms with E-state index < -0.39 is 0 Å². The Morgan fingerprint density at radius 2 is 1.07 bits per heavy atom. The van der Waals surface area contributed by atoms with Crippen molar-refractivity contribution in [2.75, 3.05) is 0 Å². The molecule has 0 N–H and O–H groups in total. The van der Waals surface area contributed by atoms with Gasteiger partial charge >= 0.3 is 0 Å².